The summed E-state index contributed by atoms with van der Waals surface area (Å²) in [5, 5.41) is 0. The van der Waals surface area contributed by atoms with E-state index in [1.54, 1.807) is 0 Å². The fourth-order valence-electron chi connectivity index (χ4n) is 5.13. The van der Waals surface area contributed by atoms with Gasteiger partial charge in [-0.3, -0.25) is 4.79 Å². The molecule has 0 radical (unpaired) electrons. The van der Waals surface area contributed by atoms with Gasteiger partial charge in [0, 0.05) is 0 Å². The average molecular weight is 222 g/mol. The van der Waals surface area contributed by atoms with Crippen molar-refractivity contribution in [3.63, 3.8) is 0 Å². The third-order valence-corrected chi connectivity index (χ3v) is 5.56. The summed E-state index contributed by atoms with van der Waals surface area (Å²) in [6, 6.07) is 0. The monoisotopic (exact) mass is 222 g/mol. The SMILES string of the molecule is COC(=O)C(C)C12CC3CC(CC(C3)C1)C2. The van der Waals surface area contributed by atoms with E-state index < -0.39 is 0 Å². The van der Waals surface area contributed by atoms with Crippen LogP contribution in [0.2, 0.25) is 0 Å². The van der Waals surface area contributed by atoms with E-state index >= 15 is 0 Å². The number of esters is 1. The van der Waals surface area contributed by atoms with Gasteiger partial charge in [-0.2, -0.15) is 0 Å². The van der Waals surface area contributed by atoms with Crippen LogP contribution < -0.4 is 0 Å². The number of carbonyl (C=O) groups is 1. The van der Waals surface area contributed by atoms with Crippen molar-refractivity contribution < 1.29 is 9.53 Å². The quantitative estimate of drug-likeness (QED) is 0.671. The predicted molar refractivity (Wildman–Crippen MR) is 61.8 cm³/mol. The first-order valence-electron chi connectivity index (χ1n) is 6.71. The maximum Gasteiger partial charge on any atom is 0.308 e. The van der Waals surface area contributed by atoms with E-state index in [-0.39, 0.29) is 11.9 Å². The Morgan fingerprint density at radius 1 is 1.12 bits per heavy atom. The van der Waals surface area contributed by atoms with Gasteiger partial charge in [0.2, 0.25) is 0 Å². The van der Waals surface area contributed by atoms with Crippen LogP contribution in [-0.4, -0.2) is 13.1 Å². The van der Waals surface area contributed by atoms with E-state index in [0.717, 1.165) is 17.8 Å². The normalized spacial score (nSPS) is 46.8. The molecule has 0 aliphatic heterocycles. The number of carbonyl (C=O) groups excluding carboxylic acids is 1. The van der Waals surface area contributed by atoms with Crippen molar-refractivity contribution in [3.05, 3.63) is 0 Å². The predicted octanol–water partition coefficient (Wildman–Crippen LogP) is 3.01. The summed E-state index contributed by atoms with van der Waals surface area (Å²) in [7, 11) is 1.53. The molecule has 0 heterocycles. The minimum Gasteiger partial charge on any atom is -0.469 e. The number of ether oxygens (including phenoxy) is 1. The topological polar surface area (TPSA) is 26.3 Å². The molecule has 16 heavy (non-hydrogen) atoms. The molecule has 1 unspecified atom stereocenters. The summed E-state index contributed by atoms with van der Waals surface area (Å²) in [4.78, 5) is 11.8. The first kappa shape index (κ1) is 10.6. The first-order valence-corrected chi connectivity index (χ1v) is 6.71. The zero-order valence-corrected chi connectivity index (χ0v) is 10.4. The molecule has 4 aliphatic carbocycles. The van der Waals surface area contributed by atoms with Crippen LogP contribution in [0.4, 0.5) is 0 Å². The Bertz CT molecular complexity index is 273. The van der Waals surface area contributed by atoms with E-state index in [1.165, 1.54) is 45.6 Å². The lowest BCUT2D eigenvalue weighted by Crippen LogP contribution is -2.50. The number of hydrogen-bond acceptors (Lipinski definition) is 2. The molecule has 4 bridgehead atoms. The second-order valence-corrected chi connectivity index (χ2v) is 6.52. The van der Waals surface area contributed by atoms with Crippen LogP contribution in [-0.2, 0) is 9.53 Å². The van der Waals surface area contributed by atoms with E-state index in [0.29, 0.717) is 5.41 Å². The summed E-state index contributed by atoms with van der Waals surface area (Å²) >= 11 is 0. The van der Waals surface area contributed by atoms with Gasteiger partial charge < -0.3 is 4.74 Å². The lowest BCUT2D eigenvalue weighted by Gasteiger charge is -2.58. The van der Waals surface area contributed by atoms with Crippen molar-refractivity contribution in [3.8, 4) is 0 Å². The third kappa shape index (κ3) is 1.42. The Morgan fingerprint density at radius 3 is 1.94 bits per heavy atom. The van der Waals surface area contributed by atoms with Crippen LogP contribution in [0.1, 0.15) is 45.4 Å². The molecule has 4 aliphatic rings. The van der Waals surface area contributed by atoms with Crippen LogP contribution in [0.15, 0.2) is 0 Å². The first-order chi connectivity index (χ1) is 7.63. The van der Waals surface area contributed by atoms with Crippen LogP contribution in [0.3, 0.4) is 0 Å². The second kappa shape index (κ2) is 3.48. The van der Waals surface area contributed by atoms with Gasteiger partial charge in [-0.05, 0) is 61.7 Å². The smallest absolute Gasteiger partial charge is 0.308 e. The van der Waals surface area contributed by atoms with Crippen LogP contribution in [0.5, 0.6) is 0 Å². The van der Waals surface area contributed by atoms with Gasteiger partial charge in [-0.25, -0.2) is 0 Å². The third-order valence-electron chi connectivity index (χ3n) is 5.56. The molecule has 4 saturated carbocycles. The summed E-state index contributed by atoms with van der Waals surface area (Å²) in [6.45, 7) is 2.10. The summed E-state index contributed by atoms with van der Waals surface area (Å²) in [5.74, 6) is 2.88. The van der Waals surface area contributed by atoms with Gasteiger partial charge >= 0.3 is 5.97 Å². The van der Waals surface area contributed by atoms with E-state index in [9.17, 15) is 4.79 Å². The van der Waals surface area contributed by atoms with Crippen molar-refractivity contribution >= 4 is 5.97 Å². The fourth-order valence-corrected chi connectivity index (χ4v) is 5.13. The maximum absolute atomic E-state index is 11.8. The highest BCUT2D eigenvalue weighted by Crippen LogP contribution is 2.62. The molecule has 4 fully saturated rings. The van der Waals surface area contributed by atoms with Gasteiger partial charge in [0.05, 0.1) is 13.0 Å². The van der Waals surface area contributed by atoms with Gasteiger partial charge in [0.1, 0.15) is 0 Å². The summed E-state index contributed by atoms with van der Waals surface area (Å²) in [5.41, 5.74) is 0.307. The van der Waals surface area contributed by atoms with Crippen LogP contribution in [0, 0.1) is 29.1 Å². The van der Waals surface area contributed by atoms with Crippen molar-refractivity contribution in [2.24, 2.45) is 29.1 Å². The second-order valence-electron chi connectivity index (χ2n) is 6.52. The van der Waals surface area contributed by atoms with Gasteiger partial charge in [0.25, 0.3) is 0 Å². The molecule has 4 rings (SSSR count). The van der Waals surface area contributed by atoms with Gasteiger partial charge in [-0.15, -0.1) is 0 Å². The molecular weight excluding hydrogens is 200 g/mol. The van der Waals surface area contributed by atoms with Crippen molar-refractivity contribution in [1.82, 2.24) is 0 Å². The summed E-state index contributed by atoms with van der Waals surface area (Å²) < 4.78 is 4.96. The van der Waals surface area contributed by atoms with Gasteiger partial charge in [-0.1, -0.05) is 6.92 Å². The standard InChI is InChI=1S/C14H22O2/c1-9(13(15)16-2)14-6-10-3-11(7-14)5-12(4-10)8-14/h9-12H,3-8H2,1-2H3. The number of methoxy groups -OCH3 is 1. The molecule has 0 aromatic heterocycles. The minimum absolute atomic E-state index is 0.0157. The Balaban J connectivity index is 1.85. The molecule has 2 nitrogen and oxygen atoms in total. The summed E-state index contributed by atoms with van der Waals surface area (Å²) in [6.07, 6.45) is 8.17. The molecule has 90 valence electrons. The van der Waals surface area contributed by atoms with Crippen molar-refractivity contribution in [1.29, 1.82) is 0 Å². The zero-order valence-electron chi connectivity index (χ0n) is 10.4. The lowest BCUT2D eigenvalue weighted by molar-refractivity contribution is -0.159. The minimum atomic E-state index is 0.0157. The molecule has 2 heteroatoms. The molecule has 0 spiro atoms. The Morgan fingerprint density at radius 2 is 1.56 bits per heavy atom. The molecule has 0 N–H and O–H groups in total. The highest BCUT2D eigenvalue weighted by atomic mass is 16.5. The van der Waals surface area contributed by atoms with Crippen molar-refractivity contribution in [2.45, 2.75) is 45.4 Å². The molecule has 0 aromatic rings. The average Bonchev–Trinajstić information content (AvgIpc) is 2.25. The molecule has 1 atom stereocenters. The molecule has 0 amide bonds. The van der Waals surface area contributed by atoms with Crippen molar-refractivity contribution in [2.75, 3.05) is 7.11 Å². The number of rotatable bonds is 2. The highest BCUT2D eigenvalue weighted by molar-refractivity contribution is 5.73. The van der Waals surface area contributed by atoms with E-state index in [2.05, 4.69) is 6.92 Å². The highest BCUT2D eigenvalue weighted by Gasteiger charge is 2.54. The molecule has 0 saturated heterocycles. The maximum atomic E-state index is 11.8. The Labute approximate surface area is 97.7 Å². The largest absolute Gasteiger partial charge is 0.469 e. The Hall–Kier alpha value is -0.530. The molecule has 0 aromatic carbocycles. The zero-order chi connectivity index (χ0) is 11.3. The molecular formula is C14H22O2. The van der Waals surface area contributed by atoms with Crippen LogP contribution in [0.25, 0.3) is 0 Å². The van der Waals surface area contributed by atoms with E-state index in [1.807, 2.05) is 0 Å². The van der Waals surface area contributed by atoms with Gasteiger partial charge in [0.15, 0.2) is 0 Å². The lowest BCUT2D eigenvalue weighted by atomic mass is 9.46. The van der Waals surface area contributed by atoms with Crippen LogP contribution >= 0.6 is 0 Å². The Kier molecular flexibility index (Phi) is 2.31. The number of hydrogen-bond donors (Lipinski definition) is 0. The fraction of sp³-hybridized carbons (Fsp3) is 0.929. The van der Waals surface area contributed by atoms with E-state index in [4.69, 9.17) is 4.74 Å².